The maximum Gasteiger partial charge on any atom is 0.264 e. The summed E-state index contributed by atoms with van der Waals surface area (Å²) in [6.07, 6.45) is 1.08. The van der Waals surface area contributed by atoms with Crippen molar-refractivity contribution >= 4 is 43.5 Å². The first kappa shape index (κ1) is 31.2. The third-order valence-electron chi connectivity index (χ3n) is 6.58. The number of sulfonamides is 1. The number of amides is 2. The SMILES string of the molecule is CC[C@H](C(=O)N[C@@H](C)CC)N(Cc1cccc(OC)c1)C(=O)CN(c1cccc(Br)c1)S(=O)(=O)c1ccccc1. The molecule has 0 saturated carbocycles. The van der Waals surface area contributed by atoms with E-state index in [1.54, 1.807) is 61.7 Å². The number of carbonyl (C=O) groups excluding carboxylic acids is 2. The normalized spacial score (nSPS) is 12.7. The fourth-order valence-electron chi connectivity index (χ4n) is 4.21. The van der Waals surface area contributed by atoms with E-state index >= 15 is 0 Å². The maximum absolute atomic E-state index is 14.1. The molecule has 0 bridgehead atoms. The molecule has 0 heterocycles. The predicted molar refractivity (Wildman–Crippen MR) is 161 cm³/mol. The maximum atomic E-state index is 14.1. The van der Waals surface area contributed by atoms with Gasteiger partial charge >= 0.3 is 0 Å². The van der Waals surface area contributed by atoms with Crippen LogP contribution in [0.2, 0.25) is 0 Å². The monoisotopic (exact) mass is 629 g/mol. The van der Waals surface area contributed by atoms with Crippen LogP contribution in [0, 0.1) is 0 Å². The lowest BCUT2D eigenvalue weighted by Crippen LogP contribution is -2.53. The molecule has 0 spiro atoms. The molecular weight excluding hydrogens is 594 g/mol. The van der Waals surface area contributed by atoms with E-state index in [4.69, 9.17) is 4.74 Å². The summed E-state index contributed by atoms with van der Waals surface area (Å²) >= 11 is 3.41. The number of hydrogen-bond acceptors (Lipinski definition) is 5. The molecule has 8 nitrogen and oxygen atoms in total. The van der Waals surface area contributed by atoms with Crippen LogP contribution in [0.4, 0.5) is 5.69 Å². The predicted octanol–water partition coefficient (Wildman–Crippen LogP) is 5.38. The molecule has 0 aliphatic rings. The average Bonchev–Trinajstić information content (AvgIpc) is 2.96. The quantitative estimate of drug-likeness (QED) is 0.274. The summed E-state index contributed by atoms with van der Waals surface area (Å²) in [4.78, 5) is 29.0. The fraction of sp³-hybridized carbons (Fsp3) is 0.333. The van der Waals surface area contributed by atoms with Gasteiger partial charge in [-0.05, 0) is 67.8 Å². The summed E-state index contributed by atoms with van der Waals surface area (Å²) in [5, 5.41) is 2.98. The average molecular weight is 631 g/mol. The third kappa shape index (κ3) is 7.85. The summed E-state index contributed by atoms with van der Waals surface area (Å²) < 4.78 is 34.8. The van der Waals surface area contributed by atoms with Gasteiger partial charge in [0.05, 0.1) is 17.7 Å². The second kappa shape index (κ2) is 14.3. The van der Waals surface area contributed by atoms with Gasteiger partial charge in [0, 0.05) is 17.1 Å². The minimum absolute atomic E-state index is 0.0590. The van der Waals surface area contributed by atoms with Gasteiger partial charge in [0.2, 0.25) is 11.8 Å². The Kier molecular flexibility index (Phi) is 11.2. The highest BCUT2D eigenvalue weighted by Gasteiger charge is 2.34. The van der Waals surface area contributed by atoms with Crippen molar-refractivity contribution < 1.29 is 22.7 Å². The Bertz CT molecular complexity index is 1400. The fourth-order valence-corrected chi connectivity index (χ4v) is 6.02. The van der Waals surface area contributed by atoms with Gasteiger partial charge in [-0.1, -0.05) is 66.2 Å². The van der Waals surface area contributed by atoms with Crippen molar-refractivity contribution in [3.05, 3.63) is 88.9 Å². The molecule has 0 aliphatic carbocycles. The van der Waals surface area contributed by atoms with Crippen LogP contribution in [0.25, 0.3) is 0 Å². The molecule has 0 fully saturated rings. The molecule has 0 radical (unpaired) electrons. The van der Waals surface area contributed by atoms with Gasteiger partial charge in [0.25, 0.3) is 10.0 Å². The molecule has 3 aromatic carbocycles. The van der Waals surface area contributed by atoms with Crippen molar-refractivity contribution in [3.63, 3.8) is 0 Å². The molecule has 0 aromatic heterocycles. The Hall–Kier alpha value is -3.37. The molecule has 2 amide bonds. The molecule has 10 heteroatoms. The van der Waals surface area contributed by atoms with Crippen LogP contribution in [-0.2, 0) is 26.2 Å². The van der Waals surface area contributed by atoms with E-state index in [2.05, 4.69) is 21.2 Å². The zero-order valence-electron chi connectivity index (χ0n) is 23.2. The molecular formula is C30H36BrN3O5S. The largest absolute Gasteiger partial charge is 0.497 e. The number of nitrogens with zero attached hydrogens (tertiary/aromatic N) is 2. The number of rotatable bonds is 13. The number of halogens is 1. The topological polar surface area (TPSA) is 96.0 Å². The van der Waals surface area contributed by atoms with Crippen LogP contribution in [-0.4, -0.2) is 50.9 Å². The van der Waals surface area contributed by atoms with Crippen LogP contribution in [0.3, 0.4) is 0 Å². The van der Waals surface area contributed by atoms with E-state index < -0.39 is 28.5 Å². The summed E-state index contributed by atoms with van der Waals surface area (Å²) in [6, 6.07) is 21.1. The standard InChI is InChI=1S/C30H36BrN3O5S/c1-5-22(3)32-30(36)28(6-2)33(20-23-12-10-15-26(18-23)39-4)29(35)21-34(25-14-11-13-24(31)19-25)40(37,38)27-16-8-7-9-17-27/h7-19,22,28H,5-6,20-21H2,1-4H3,(H,32,36)/t22-,28+/m0/s1. The van der Waals surface area contributed by atoms with Crippen molar-refractivity contribution in [1.82, 2.24) is 10.2 Å². The zero-order valence-corrected chi connectivity index (χ0v) is 25.6. The van der Waals surface area contributed by atoms with Gasteiger partial charge in [0.15, 0.2) is 0 Å². The first-order valence-corrected chi connectivity index (χ1v) is 15.4. The number of anilines is 1. The minimum Gasteiger partial charge on any atom is -0.497 e. The van der Waals surface area contributed by atoms with Crippen LogP contribution in [0.1, 0.15) is 39.2 Å². The van der Waals surface area contributed by atoms with Crippen LogP contribution < -0.4 is 14.4 Å². The zero-order chi connectivity index (χ0) is 29.3. The lowest BCUT2D eigenvalue weighted by Gasteiger charge is -2.33. The highest BCUT2D eigenvalue weighted by molar-refractivity contribution is 9.10. The number of carbonyl (C=O) groups is 2. The Morgan fingerprint density at radius 1 is 0.950 bits per heavy atom. The van der Waals surface area contributed by atoms with Crippen LogP contribution in [0.15, 0.2) is 88.2 Å². The highest BCUT2D eigenvalue weighted by Crippen LogP contribution is 2.27. The smallest absolute Gasteiger partial charge is 0.264 e. The minimum atomic E-state index is -4.11. The first-order chi connectivity index (χ1) is 19.1. The van der Waals surface area contributed by atoms with E-state index in [1.807, 2.05) is 32.9 Å². The molecule has 0 aliphatic heterocycles. The summed E-state index contributed by atoms with van der Waals surface area (Å²) in [6.45, 7) is 5.31. The Morgan fingerprint density at radius 2 is 1.65 bits per heavy atom. The second-order valence-corrected chi connectivity index (χ2v) is 12.2. The number of nitrogens with one attached hydrogen (secondary N) is 1. The number of ether oxygens (including phenoxy) is 1. The van der Waals surface area contributed by atoms with E-state index in [-0.39, 0.29) is 23.4 Å². The summed E-state index contributed by atoms with van der Waals surface area (Å²) in [7, 11) is -2.56. The van der Waals surface area contributed by atoms with Crippen molar-refractivity contribution in [1.29, 1.82) is 0 Å². The number of benzene rings is 3. The van der Waals surface area contributed by atoms with Crippen LogP contribution in [0.5, 0.6) is 5.75 Å². The third-order valence-corrected chi connectivity index (χ3v) is 8.86. The molecule has 2 atom stereocenters. The van der Waals surface area contributed by atoms with Gasteiger partial charge < -0.3 is 15.0 Å². The molecule has 1 N–H and O–H groups in total. The van der Waals surface area contributed by atoms with E-state index in [0.717, 1.165) is 16.3 Å². The summed E-state index contributed by atoms with van der Waals surface area (Å²) in [5.74, 6) is -0.175. The number of methoxy groups -OCH3 is 1. The first-order valence-electron chi connectivity index (χ1n) is 13.2. The van der Waals surface area contributed by atoms with Gasteiger partial charge in [-0.3, -0.25) is 13.9 Å². The number of hydrogen-bond donors (Lipinski definition) is 1. The van der Waals surface area contributed by atoms with Gasteiger partial charge in [-0.2, -0.15) is 0 Å². The van der Waals surface area contributed by atoms with E-state index in [0.29, 0.717) is 22.3 Å². The van der Waals surface area contributed by atoms with E-state index in [1.165, 1.54) is 17.0 Å². The van der Waals surface area contributed by atoms with E-state index in [9.17, 15) is 18.0 Å². The van der Waals surface area contributed by atoms with Gasteiger partial charge in [0.1, 0.15) is 18.3 Å². The van der Waals surface area contributed by atoms with Crippen molar-refractivity contribution in [2.45, 2.75) is 57.1 Å². The summed E-state index contributed by atoms with van der Waals surface area (Å²) in [5.41, 5.74) is 1.08. The van der Waals surface area contributed by atoms with Crippen LogP contribution >= 0.6 is 15.9 Å². The van der Waals surface area contributed by atoms with Gasteiger partial charge in [-0.25, -0.2) is 8.42 Å². The highest BCUT2D eigenvalue weighted by atomic mass is 79.9. The van der Waals surface area contributed by atoms with Gasteiger partial charge in [-0.15, -0.1) is 0 Å². The van der Waals surface area contributed by atoms with Crippen molar-refractivity contribution in [2.24, 2.45) is 0 Å². The molecule has 40 heavy (non-hydrogen) atoms. The molecule has 214 valence electrons. The lowest BCUT2D eigenvalue weighted by atomic mass is 10.1. The van der Waals surface area contributed by atoms with Crippen molar-refractivity contribution in [3.8, 4) is 5.75 Å². The molecule has 0 saturated heterocycles. The molecule has 0 unspecified atom stereocenters. The second-order valence-electron chi connectivity index (χ2n) is 9.42. The van der Waals surface area contributed by atoms with Crippen molar-refractivity contribution in [2.75, 3.05) is 18.0 Å². The molecule has 3 aromatic rings. The Morgan fingerprint density at radius 3 is 2.27 bits per heavy atom. The Labute approximate surface area is 245 Å². The Balaban J connectivity index is 2.06. The lowest BCUT2D eigenvalue weighted by molar-refractivity contribution is -0.140. The molecule has 3 rings (SSSR count).